The molecule has 0 amide bonds. The standard InChI is InChI=1S/C12H17ClFN/c1-8(2)10(7-15)12(14)9-5-3-4-6-11(9)13/h3-6,8,10,12H,7,15H2,1-2H3. The lowest BCUT2D eigenvalue weighted by atomic mass is 9.87. The van der Waals surface area contributed by atoms with Crippen LogP contribution in [0.3, 0.4) is 0 Å². The van der Waals surface area contributed by atoms with Crippen LogP contribution in [0.5, 0.6) is 0 Å². The van der Waals surface area contributed by atoms with E-state index in [2.05, 4.69) is 0 Å². The second-order valence-corrected chi connectivity index (χ2v) is 4.47. The van der Waals surface area contributed by atoms with Crippen LogP contribution in [0.2, 0.25) is 5.02 Å². The minimum atomic E-state index is -1.08. The van der Waals surface area contributed by atoms with Crippen LogP contribution in [0.15, 0.2) is 24.3 Å². The summed E-state index contributed by atoms with van der Waals surface area (Å²) in [6.45, 7) is 4.28. The number of hydrogen-bond donors (Lipinski definition) is 1. The minimum Gasteiger partial charge on any atom is -0.330 e. The molecule has 0 aliphatic rings. The second-order valence-electron chi connectivity index (χ2n) is 4.07. The van der Waals surface area contributed by atoms with Crippen molar-refractivity contribution in [1.29, 1.82) is 0 Å². The molecule has 0 heterocycles. The van der Waals surface area contributed by atoms with Crippen LogP contribution < -0.4 is 5.73 Å². The molecule has 1 aromatic carbocycles. The molecule has 84 valence electrons. The quantitative estimate of drug-likeness (QED) is 0.839. The molecule has 1 aromatic rings. The fraction of sp³-hybridized carbons (Fsp3) is 0.500. The largest absolute Gasteiger partial charge is 0.330 e. The van der Waals surface area contributed by atoms with E-state index in [1.165, 1.54) is 0 Å². The van der Waals surface area contributed by atoms with Gasteiger partial charge in [-0.2, -0.15) is 0 Å². The van der Waals surface area contributed by atoms with Gasteiger partial charge in [-0.25, -0.2) is 4.39 Å². The first-order chi connectivity index (χ1) is 7.07. The minimum absolute atomic E-state index is 0.176. The third kappa shape index (κ3) is 2.93. The molecule has 0 radical (unpaired) electrons. The van der Waals surface area contributed by atoms with E-state index in [1.807, 2.05) is 13.8 Å². The van der Waals surface area contributed by atoms with Crippen LogP contribution in [0.4, 0.5) is 4.39 Å². The number of halogens is 2. The molecule has 0 aliphatic heterocycles. The fourth-order valence-electron chi connectivity index (χ4n) is 1.66. The molecule has 2 unspecified atom stereocenters. The van der Waals surface area contributed by atoms with Crippen LogP contribution in [0.25, 0.3) is 0 Å². The van der Waals surface area contributed by atoms with Gasteiger partial charge in [0.2, 0.25) is 0 Å². The normalized spacial score (nSPS) is 15.3. The maximum absolute atomic E-state index is 14.1. The van der Waals surface area contributed by atoms with Gasteiger partial charge >= 0.3 is 0 Å². The van der Waals surface area contributed by atoms with Gasteiger partial charge in [0.15, 0.2) is 0 Å². The van der Waals surface area contributed by atoms with E-state index in [9.17, 15) is 4.39 Å². The Morgan fingerprint density at radius 1 is 1.33 bits per heavy atom. The van der Waals surface area contributed by atoms with Crippen LogP contribution >= 0.6 is 11.6 Å². The maximum atomic E-state index is 14.1. The third-order valence-electron chi connectivity index (χ3n) is 2.71. The van der Waals surface area contributed by atoms with Crippen molar-refractivity contribution in [3.05, 3.63) is 34.9 Å². The predicted molar refractivity (Wildman–Crippen MR) is 62.7 cm³/mol. The highest BCUT2D eigenvalue weighted by Crippen LogP contribution is 2.34. The summed E-state index contributed by atoms with van der Waals surface area (Å²) in [5.74, 6) is 0.0335. The van der Waals surface area contributed by atoms with Crippen molar-refractivity contribution in [2.24, 2.45) is 17.6 Å². The highest BCUT2D eigenvalue weighted by molar-refractivity contribution is 6.31. The van der Waals surface area contributed by atoms with Crippen molar-refractivity contribution in [2.75, 3.05) is 6.54 Å². The van der Waals surface area contributed by atoms with Crippen molar-refractivity contribution in [2.45, 2.75) is 20.0 Å². The zero-order valence-corrected chi connectivity index (χ0v) is 9.84. The summed E-state index contributed by atoms with van der Waals surface area (Å²) < 4.78 is 14.1. The molecule has 0 saturated carbocycles. The van der Waals surface area contributed by atoms with Crippen LogP contribution in [0.1, 0.15) is 25.6 Å². The number of alkyl halides is 1. The predicted octanol–water partition coefficient (Wildman–Crippen LogP) is 3.58. The Balaban J connectivity index is 2.92. The van der Waals surface area contributed by atoms with Gasteiger partial charge in [-0.1, -0.05) is 43.6 Å². The smallest absolute Gasteiger partial charge is 0.131 e. The first-order valence-corrected chi connectivity index (χ1v) is 5.54. The monoisotopic (exact) mass is 229 g/mol. The Kier molecular flexibility index (Phi) is 4.55. The van der Waals surface area contributed by atoms with E-state index in [-0.39, 0.29) is 11.8 Å². The van der Waals surface area contributed by atoms with Crippen LogP contribution in [0, 0.1) is 11.8 Å². The average Bonchev–Trinajstić information content (AvgIpc) is 2.18. The Morgan fingerprint density at radius 3 is 2.40 bits per heavy atom. The van der Waals surface area contributed by atoms with Crippen molar-refractivity contribution in [3.8, 4) is 0 Å². The molecule has 3 heteroatoms. The molecule has 0 saturated heterocycles. The second kappa shape index (κ2) is 5.47. The van der Waals surface area contributed by atoms with Gasteiger partial charge < -0.3 is 5.73 Å². The zero-order chi connectivity index (χ0) is 11.4. The highest BCUT2D eigenvalue weighted by atomic mass is 35.5. The number of nitrogens with two attached hydrogens (primary N) is 1. The van der Waals surface area contributed by atoms with Crippen molar-refractivity contribution >= 4 is 11.6 Å². The summed E-state index contributed by atoms with van der Waals surface area (Å²) in [6, 6.07) is 7.02. The third-order valence-corrected chi connectivity index (χ3v) is 3.05. The molecule has 0 spiro atoms. The summed E-state index contributed by atoms with van der Waals surface area (Å²) in [4.78, 5) is 0. The number of benzene rings is 1. The topological polar surface area (TPSA) is 26.0 Å². The van der Waals surface area contributed by atoms with Gasteiger partial charge in [-0.05, 0) is 18.5 Å². The van der Waals surface area contributed by atoms with E-state index in [1.54, 1.807) is 24.3 Å². The van der Waals surface area contributed by atoms with E-state index in [0.717, 1.165) is 0 Å². The molecule has 1 rings (SSSR count). The molecular weight excluding hydrogens is 213 g/mol. The lowest BCUT2D eigenvalue weighted by Crippen LogP contribution is -2.24. The van der Waals surface area contributed by atoms with E-state index >= 15 is 0 Å². The molecule has 0 aliphatic carbocycles. The summed E-state index contributed by atoms with van der Waals surface area (Å²) in [5, 5.41) is 0.476. The van der Waals surface area contributed by atoms with Crippen LogP contribution in [-0.4, -0.2) is 6.54 Å². The first kappa shape index (κ1) is 12.5. The van der Waals surface area contributed by atoms with Gasteiger partial charge in [0, 0.05) is 16.5 Å². The zero-order valence-electron chi connectivity index (χ0n) is 9.08. The Morgan fingerprint density at radius 2 is 1.93 bits per heavy atom. The summed E-state index contributed by atoms with van der Waals surface area (Å²) >= 11 is 5.94. The number of rotatable bonds is 4. The molecular formula is C12H17ClFN. The average molecular weight is 230 g/mol. The van der Waals surface area contributed by atoms with Crippen molar-refractivity contribution in [1.82, 2.24) is 0 Å². The Hall–Kier alpha value is -0.600. The summed E-state index contributed by atoms with van der Waals surface area (Å²) in [7, 11) is 0. The SMILES string of the molecule is CC(C)C(CN)C(F)c1ccccc1Cl. The van der Waals surface area contributed by atoms with Gasteiger partial charge in [0.05, 0.1) is 0 Å². The fourth-order valence-corrected chi connectivity index (χ4v) is 1.90. The first-order valence-electron chi connectivity index (χ1n) is 5.16. The summed E-state index contributed by atoms with van der Waals surface area (Å²) in [5.41, 5.74) is 6.12. The molecule has 2 atom stereocenters. The highest BCUT2D eigenvalue weighted by Gasteiger charge is 2.25. The van der Waals surface area contributed by atoms with E-state index < -0.39 is 6.17 Å². The Bertz CT molecular complexity index is 314. The van der Waals surface area contributed by atoms with Gasteiger partial charge in [0.25, 0.3) is 0 Å². The summed E-state index contributed by atoms with van der Waals surface area (Å²) in [6.07, 6.45) is -1.08. The van der Waals surface area contributed by atoms with Gasteiger partial charge in [0.1, 0.15) is 6.17 Å². The lowest BCUT2D eigenvalue weighted by molar-refractivity contribution is 0.189. The van der Waals surface area contributed by atoms with Crippen LogP contribution in [-0.2, 0) is 0 Å². The van der Waals surface area contributed by atoms with E-state index in [4.69, 9.17) is 17.3 Å². The van der Waals surface area contributed by atoms with Gasteiger partial charge in [-0.3, -0.25) is 0 Å². The maximum Gasteiger partial charge on any atom is 0.131 e. The van der Waals surface area contributed by atoms with E-state index in [0.29, 0.717) is 17.1 Å². The molecule has 2 N–H and O–H groups in total. The lowest BCUT2D eigenvalue weighted by Gasteiger charge is -2.23. The Labute approximate surface area is 95.4 Å². The van der Waals surface area contributed by atoms with Crippen molar-refractivity contribution < 1.29 is 4.39 Å². The van der Waals surface area contributed by atoms with Crippen molar-refractivity contribution in [3.63, 3.8) is 0 Å². The molecule has 0 fully saturated rings. The van der Waals surface area contributed by atoms with Gasteiger partial charge in [-0.15, -0.1) is 0 Å². The molecule has 15 heavy (non-hydrogen) atoms. The molecule has 1 nitrogen and oxygen atoms in total. The molecule has 0 aromatic heterocycles. The molecule has 0 bridgehead atoms. The number of hydrogen-bond acceptors (Lipinski definition) is 1.